The Morgan fingerprint density at radius 3 is 2.50 bits per heavy atom. The monoisotopic (exact) mass is 399 g/mol. The van der Waals surface area contributed by atoms with Crippen LogP contribution in [0.25, 0.3) is 17.1 Å². The lowest BCUT2D eigenvalue weighted by Gasteiger charge is -2.16. The molecule has 0 aromatic heterocycles. The molecule has 2 aromatic carbocycles. The van der Waals surface area contributed by atoms with Crippen LogP contribution in [0.5, 0.6) is 5.75 Å². The van der Waals surface area contributed by atoms with Gasteiger partial charge >= 0.3 is 0 Å². The van der Waals surface area contributed by atoms with Crippen LogP contribution in [0.3, 0.4) is 0 Å². The summed E-state index contributed by atoms with van der Waals surface area (Å²) in [7, 11) is 0. The molecule has 152 valence electrons. The molecule has 5 nitrogen and oxygen atoms in total. The van der Waals surface area contributed by atoms with E-state index in [9.17, 15) is 9.90 Å². The second kappa shape index (κ2) is 7.82. The van der Waals surface area contributed by atoms with Crippen molar-refractivity contribution in [3.8, 4) is 22.8 Å². The number of hydrogen-bond donors (Lipinski definition) is 2. The molecule has 5 rings (SSSR count). The molecular weight excluding hydrogens is 374 g/mol. The highest BCUT2D eigenvalue weighted by molar-refractivity contribution is 5.61. The van der Waals surface area contributed by atoms with Crippen molar-refractivity contribution in [1.29, 1.82) is 0 Å². The fraction of sp³-hybridized carbons (Fsp3) is 0.280. The minimum atomic E-state index is -0.0597. The molecule has 2 heterocycles. The number of imidazole rings is 1. The highest BCUT2D eigenvalue weighted by Gasteiger charge is 2.23. The van der Waals surface area contributed by atoms with Crippen LogP contribution in [-0.2, 0) is 12.8 Å². The van der Waals surface area contributed by atoms with E-state index in [2.05, 4.69) is 4.98 Å². The van der Waals surface area contributed by atoms with Crippen LogP contribution in [0.2, 0.25) is 0 Å². The Kier molecular flexibility index (Phi) is 4.87. The molecule has 0 unspecified atom stereocenters. The van der Waals surface area contributed by atoms with Crippen molar-refractivity contribution < 1.29 is 5.11 Å². The van der Waals surface area contributed by atoms with Gasteiger partial charge in [-0.25, -0.2) is 4.98 Å². The molecule has 1 saturated carbocycles. The first-order valence-electron chi connectivity index (χ1n) is 10.6. The minimum Gasteiger partial charge on any atom is -0.508 e. The van der Waals surface area contributed by atoms with Crippen molar-refractivity contribution >= 4 is 0 Å². The van der Waals surface area contributed by atoms with E-state index >= 15 is 0 Å². The lowest BCUT2D eigenvalue weighted by atomic mass is 10.0. The quantitative estimate of drug-likeness (QED) is 0.511. The van der Waals surface area contributed by atoms with E-state index in [4.69, 9.17) is 4.98 Å². The minimum absolute atomic E-state index is 0.0597. The van der Waals surface area contributed by atoms with Gasteiger partial charge in [0.15, 0.2) is 5.82 Å². The number of rotatable bonds is 5. The summed E-state index contributed by atoms with van der Waals surface area (Å²) in [6, 6.07) is 17.0. The van der Waals surface area contributed by atoms with Crippen molar-refractivity contribution in [2.75, 3.05) is 0 Å². The molecule has 30 heavy (non-hydrogen) atoms. The van der Waals surface area contributed by atoms with E-state index in [1.807, 2.05) is 48.7 Å². The Balaban J connectivity index is 1.61. The third-order valence-corrected chi connectivity index (χ3v) is 6.11. The molecule has 2 aromatic rings. The maximum absolute atomic E-state index is 13.2. The third kappa shape index (κ3) is 3.63. The zero-order chi connectivity index (χ0) is 20.5. The van der Waals surface area contributed by atoms with Gasteiger partial charge in [0, 0.05) is 12.6 Å². The number of phenols is 1. The maximum atomic E-state index is 13.2. The number of hydrogen-bond acceptors (Lipinski definition) is 3. The first-order valence-corrected chi connectivity index (χ1v) is 10.6. The summed E-state index contributed by atoms with van der Waals surface area (Å²) in [5.41, 5.74) is 4.40. The molecule has 1 aliphatic carbocycles. The molecular formula is C25H25N3O2. The molecule has 0 bridgehead atoms. The predicted octanol–water partition coefficient (Wildman–Crippen LogP) is 4.69. The zero-order valence-electron chi connectivity index (χ0n) is 16.8. The van der Waals surface area contributed by atoms with Gasteiger partial charge in [0.05, 0.1) is 11.4 Å². The summed E-state index contributed by atoms with van der Waals surface area (Å²) < 4.78 is 1.70. The number of fused-ring (bicyclic) bond motifs is 1. The van der Waals surface area contributed by atoms with E-state index < -0.39 is 0 Å². The Bertz CT molecular complexity index is 1170. The zero-order valence-corrected chi connectivity index (χ0v) is 16.8. The molecule has 5 heteroatoms. The molecule has 0 amide bonds. The van der Waals surface area contributed by atoms with Gasteiger partial charge in [-0.15, -0.1) is 0 Å². The van der Waals surface area contributed by atoms with E-state index in [-0.39, 0.29) is 11.3 Å². The largest absolute Gasteiger partial charge is 0.508 e. The molecule has 2 aliphatic heterocycles. The van der Waals surface area contributed by atoms with Crippen LogP contribution in [0.15, 0.2) is 65.6 Å². The highest BCUT2D eigenvalue weighted by atomic mass is 16.3. The van der Waals surface area contributed by atoms with Crippen molar-refractivity contribution in [3.05, 3.63) is 88.1 Å². The highest BCUT2D eigenvalue weighted by Crippen LogP contribution is 2.31. The number of nitrogens with one attached hydrogen (secondary N) is 1. The maximum Gasteiger partial charge on any atom is 0.278 e. The topological polar surface area (TPSA) is 70.9 Å². The molecule has 1 fully saturated rings. The van der Waals surface area contributed by atoms with Crippen LogP contribution in [0.4, 0.5) is 0 Å². The van der Waals surface area contributed by atoms with Gasteiger partial charge in [-0.2, -0.15) is 0 Å². The summed E-state index contributed by atoms with van der Waals surface area (Å²) >= 11 is 0. The number of nitrogens with zero attached hydrogens (tertiary/aromatic N) is 2. The summed E-state index contributed by atoms with van der Waals surface area (Å²) in [5, 5.41) is 9.63. The molecule has 0 saturated heterocycles. The van der Waals surface area contributed by atoms with Crippen LogP contribution in [0.1, 0.15) is 42.6 Å². The number of H-pyrrole nitrogens is 1. The fourth-order valence-electron chi connectivity index (χ4n) is 4.51. The number of aromatic hydroxyl groups is 1. The Morgan fingerprint density at radius 1 is 1.03 bits per heavy atom. The van der Waals surface area contributed by atoms with E-state index in [0.29, 0.717) is 18.0 Å². The lowest BCUT2D eigenvalue weighted by Crippen LogP contribution is -2.18. The number of benzene rings is 2. The fourth-order valence-corrected chi connectivity index (χ4v) is 4.51. The van der Waals surface area contributed by atoms with E-state index in [1.54, 1.807) is 16.7 Å². The van der Waals surface area contributed by atoms with Gasteiger partial charge in [-0.1, -0.05) is 56.0 Å². The number of aromatic nitrogens is 3. The predicted molar refractivity (Wildman–Crippen MR) is 117 cm³/mol. The first-order chi connectivity index (χ1) is 14.7. The molecule has 0 spiro atoms. The van der Waals surface area contributed by atoms with Gasteiger partial charge in [0.1, 0.15) is 11.4 Å². The lowest BCUT2D eigenvalue weighted by molar-refractivity contribution is 0.475. The second-order valence-electron chi connectivity index (χ2n) is 8.27. The Hall–Kier alpha value is -3.34. The van der Waals surface area contributed by atoms with Crippen LogP contribution in [0, 0.1) is 5.92 Å². The van der Waals surface area contributed by atoms with E-state index in [0.717, 1.165) is 34.8 Å². The first kappa shape index (κ1) is 18.7. The average Bonchev–Trinajstić information content (AvgIpc) is 3.38. The molecule has 3 aliphatic rings. The van der Waals surface area contributed by atoms with Crippen molar-refractivity contribution in [1.82, 2.24) is 14.5 Å². The molecule has 0 atom stereocenters. The average molecular weight is 399 g/mol. The van der Waals surface area contributed by atoms with Gasteiger partial charge in [0.25, 0.3) is 5.56 Å². The van der Waals surface area contributed by atoms with E-state index in [1.165, 1.54) is 25.7 Å². The summed E-state index contributed by atoms with van der Waals surface area (Å²) in [6.07, 6.45) is 8.27. The number of aromatic amines is 1. The van der Waals surface area contributed by atoms with Crippen molar-refractivity contribution in [2.24, 2.45) is 5.92 Å². The standard InChI is InChI=1S/C25H25N3O2/c29-20-12-10-19(11-13-20)23-16-28-24(21(26-23)14-17-8-4-5-9-17)27-22(25(28)30)15-18-6-2-1-3-7-18/h1-3,6-7,10-13,16-17,26,29H,4-5,8-9,14-15H2. The molecule has 0 radical (unpaired) electrons. The SMILES string of the molecule is O=c1c(Cc2ccccc2)nc2c(CC3CCCC3)[nH]c(-c3ccc(O)cc3)cn1-2. The number of phenolic OH excluding ortho intramolecular Hbond substituents is 1. The third-order valence-electron chi connectivity index (χ3n) is 6.11. The molecule has 2 N–H and O–H groups in total. The smallest absolute Gasteiger partial charge is 0.278 e. The van der Waals surface area contributed by atoms with Gasteiger partial charge in [0.2, 0.25) is 0 Å². The van der Waals surface area contributed by atoms with Crippen LogP contribution < -0.4 is 5.56 Å². The summed E-state index contributed by atoms with van der Waals surface area (Å²) in [5.74, 6) is 1.59. The Labute approximate surface area is 175 Å². The van der Waals surface area contributed by atoms with Crippen LogP contribution in [-0.4, -0.2) is 19.6 Å². The second-order valence-corrected chi connectivity index (χ2v) is 8.27. The van der Waals surface area contributed by atoms with Gasteiger partial charge in [-0.3, -0.25) is 9.36 Å². The summed E-state index contributed by atoms with van der Waals surface area (Å²) in [6.45, 7) is 0. The van der Waals surface area contributed by atoms with Gasteiger partial charge < -0.3 is 10.1 Å². The summed E-state index contributed by atoms with van der Waals surface area (Å²) in [4.78, 5) is 21.5. The van der Waals surface area contributed by atoms with Crippen molar-refractivity contribution in [2.45, 2.75) is 38.5 Å². The normalized spacial score (nSPS) is 14.5. The Morgan fingerprint density at radius 2 is 1.77 bits per heavy atom. The van der Waals surface area contributed by atoms with Crippen LogP contribution >= 0.6 is 0 Å². The van der Waals surface area contributed by atoms with Gasteiger partial charge in [-0.05, 0) is 47.7 Å². The van der Waals surface area contributed by atoms with Crippen molar-refractivity contribution in [3.63, 3.8) is 0 Å².